The van der Waals surface area contributed by atoms with Crippen molar-refractivity contribution in [3.05, 3.63) is 63.2 Å². The zero-order valence-corrected chi connectivity index (χ0v) is 18.4. The Morgan fingerprint density at radius 1 is 1.12 bits per heavy atom. The minimum Gasteiger partial charge on any atom is -0.488 e. The number of nitro groups is 1. The number of benzene rings is 2. The van der Waals surface area contributed by atoms with Crippen molar-refractivity contribution in [2.24, 2.45) is 0 Å². The molecule has 178 valence electrons. The Hall–Kier alpha value is -4.15. The van der Waals surface area contributed by atoms with E-state index in [2.05, 4.69) is 10.6 Å². The van der Waals surface area contributed by atoms with Crippen molar-refractivity contribution in [2.45, 2.75) is 38.3 Å². The number of amides is 3. The summed E-state index contributed by atoms with van der Waals surface area (Å²) in [5, 5.41) is 26.2. The van der Waals surface area contributed by atoms with Crippen LogP contribution in [0.15, 0.2) is 36.4 Å². The summed E-state index contributed by atoms with van der Waals surface area (Å²) in [4.78, 5) is 48.6. The molecule has 11 heteroatoms. The third kappa shape index (κ3) is 5.25. The number of carbonyl (C=O) groups is 3. The lowest BCUT2D eigenvalue weighted by molar-refractivity contribution is -0.385. The number of likely N-dealkylation sites (tertiary alicyclic amines) is 1. The van der Waals surface area contributed by atoms with Gasteiger partial charge in [0.05, 0.1) is 11.5 Å². The van der Waals surface area contributed by atoms with Crippen molar-refractivity contribution in [1.29, 1.82) is 0 Å². The second kappa shape index (κ2) is 9.38. The molecular formula is C23H24N4O7. The second-order valence-electron chi connectivity index (χ2n) is 8.42. The van der Waals surface area contributed by atoms with Gasteiger partial charge in [-0.05, 0) is 49.6 Å². The first-order chi connectivity index (χ1) is 16.2. The Morgan fingerprint density at radius 3 is 2.53 bits per heavy atom. The van der Waals surface area contributed by atoms with Gasteiger partial charge in [0.2, 0.25) is 0 Å². The molecule has 0 spiro atoms. The molecule has 11 nitrogen and oxygen atoms in total. The van der Waals surface area contributed by atoms with Crippen LogP contribution in [-0.2, 0) is 0 Å². The lowest BCUT2D eigenvalue weighted by Crippen LogP contribution is -2.29. The molecule has 1 heterocycles. The van der Waals surface area contributed by atoms with Crippen LogP contribution in [0.5, 0.6) is 5.75 Å². The number of nitro benzene ring substituents is 1. The first-order valence-corrected chi connectivity index (χ1v) is 10.9. The molecule has 1 unspecified atom stereocenters. The monoisotopic (exact) mass is 468 g/mol. The van der Waals surface area contributed by atoms with E-state index in [-0.39, 0.29) is 29.8 Å². The van der Waals surface area contributed by atoms with Gasteiger partial charge in [-0.15, -0.1) is 0 Å². The van der Waals surface area contributed by atoms with E-state index in [0.29, 0.717) is 29.8 Å². The molecule has 0 bridgehead atoms. The van der Waals surface area contributed by atoms with Crippen molar-refractivity contribution in [3.8, 4) is 5.75 Å². The summed E-state index contributed by atoms with van der Waals surface area (Å²) in [5.74, 6) is -0.743. The highest BCUT2D eigenvalue weighted by molar-refractivity contribution is 6.08. The molecule has 3 N–H and O–H groups in total. The Balaban J connectivity index is 1.53. The maximum atomic E-state index is 13.0. The van der Waals surface area contributed by atoms with Gasteiger partial charge in [-0.1, -0.05) is 6.07 Å². The predicted molar refractivity (Wildman–Crippen MR) is 121 cm³/mol. The number of ether oxygens (including phenoxy) is 1. The SMILES string of the molecule is Cc1ccc(C(=O)NC2CC2)cc1NC(=O)c1cc(OC2CCN(C(=O)O)C2)ccc1[N+](=O)[O-]. The highest BCUT2D eigenvalue weighted by Crippen LogP contribution is 2.28. The van der Waals surface area contributed by atoms with Gasteiger partial charge in [-0.3, -0.25) is 19.7 Å². The van der Waals surface area contributed by atoms with Crippen LogP contribution in [-0.4, -0.2) is 58.1 Å². The average Bonchev–Trinajstić information content (AvgIpc) is 3.48. The smallest absolute Gasteiger partial charge is 0.407 e. The number of carboxylic acid groups (broad SMARTS) is 1. The number of aryl methyl sites for hydroxylation is 1. The van der Waals surface area contributed by atoms with E-state index in [1.807, 2.05) is 0 Å². The molecule has 2 aromatic rings. The summed E-state index contributed by atoms with van der Waals surface area (Å²) in [6, 6.07) is 8.90. The van der Waals surface area contributed by atoms with E-state index in [1.54, 1.807) is 19.1 Å². The number of nitrogens with zero attached hydrogens (tertiary/aromatic N) is 2. The lowest BCUT2D eigenvalue weighted by atomic mass is 10.1. The molecule has 0 radical (unpaired) electrons. The van der Waals surface area contributed by atoms with Gasteiger partial charge in [0.15, 0.2) is 0 Å². The Bertz CT molecular complexity index is 1160. The molecule has 1 saturated heterocycles. The van der Waals surface area contributed by atoms with E-state index in [1.165, 1.54) is 29.2 Å². The minimum atomic E-state index is -1.04. The van der Waals surface area contributed by atoms with Crippen molar-refractivity contribution in [1.82, 2.24) is 10.2 Å². The highest BCUT2D eigenvalue weighted by atomic mass is 16.6. The van der Waals surface area contributed by atoms with Gasteiger partial charge in [-0.25, -0.2) is 4.79 Å². The van der Waals surface area contributed by atoms with E-state index >= 15 is 0 Å². The Morgan fingerprint density at radius 2 is 1.88 bits per heavy atom. The van der Waals surface area contributed by atoms with Crippen LogP contribution in [0.3, 0.4) is 0 Å². The van der Waals surface area contributed by atoms with Gasteiger partial charge in [0.1, 0.15) is 17.4 Å². The van der Waals surface area contributed by atoms with Crippen LogP contribution in [0.25, 0.3) is 0 Å². The van der Waals surface area contributed by atoms with Crippen LogP contribution in [0, 0.1) is 17.0 Å². The molecule has 1 atom stereocenters. The normalized spacial score (nSPS) is 17.2. The first kappa shape index (κ1) is 23.0. The largest absolute Gasteiger partial charge is 0.488 e. The Kier molecular flexibility index (Phi) is 6.35. The van der Waals surface area contributed by atoms with Gasteiger partial charge >= 0.3 is 6.09 Å². The summed E-state index contributed by atoms with van der Waals surface area (Å²) < 4.78 is 5.79. The fourth-order valence-electron chi connectivity index (χ4n) is 3.70. The third-order valence-electron chi connectivity index (χ3n) is 5.79. The van der Waals surface area contributed by atoms with Crippen molar-refractivity contribution in [2.75, 3.05) is 18.4 Å². The summed E-state index contributed by atoms with van der Waals surface area (Å²) >= 11 is 0. The maximum Gasteiger partial charge on any atom is 0.407 e. The Labute approximate surface area is 194 Å². The van der Waals surface area contributed by atoms with E-state index in [4.69, 9.17) is 9.84 Å². The first-order valence-electron chi connectivity index (χ1n) is 10.9. The molecular weight excluding hydrogens is 444 g/mol. The van der Waals surface area contributed by atoms with Gasteiger partial charge in [0, 0.05) is 36.3 Å². The van der Waals surface area contributed by atoms with Crippen LogP contribution < -0.4 is 15.4 Å². The highest BCUT2D eigenvalue weighted by Gasteiger charge is 2.29. The standard InChI is InChI=1S/C23H24N4O7/c1-13-2-3-14(21(28)24-15-4-5-15)10-19(13)25-22(29)18-11-16(6-7-20(18)27(32)33)34-17-8-9-26(12-17)23(30)31/h2-3,6-7,10-11,15,17H,4-5,8-9,12H2,1H3,(H,24,28)(H,25,29)(H,30,31). The van der Waals surface area contributed by atoms with Crippen LogP contribution >= 0.6 is 0 Å². The lowest BCUT2D eigenvalue weighted by Gasteiger charge is -2.15. The number of anilines is 1. The van der Waals surface area contributed by atoms with Crippen molar-refractivity contribution >= 4 is 29.3 Å². The third-order valence-corrected chi connectivity index (χ3v) is 5.79. The quantitative estimate of drug-likeness (QED) is 0.417. The molecule has 3 amide bonds. The van der Waals surface area contributed by atoms with Gasteiger partial charge < -0.3 is 25.4 Å². The number of hydrogen-bond donors (Lipinski definition) is 3. The van der Waals surface area contributed by atoms with Crippen molar-refractivity contribution < 1.29 is 29.2 Å². The predicted octanol–water partition coefficient (Wildman–Crippen LogP) is 3.18. The van der Waals surface area contributed by atoms with Crippen molar-refractivity contribution in [3.63, 3.8) is 0 Å². The molecule has 2 fully saturated rings. The summed E-state index contributed by atoms with van der Waals surface area (Å²) in [6.07, 6.45) is 0.895. The number of rotatable bonds is 7. The molecule has 34 heavy (non-hydrogen) atoms. The topological polar surface area (TPSA) is 151 Å². The molecule has 2 aliphatic rings. The summed E-state index contributed by atoms with van der Waals surface area (Å²) in [5.41, 5.74) is 0.822. The molecule has 0 aromatic heterocycles. The minimum absolute atomic E-state index is 0.169. The zero-order chi connectivity index (χ0) is 24.4. The van der Waals surface area contributed by atoms with Crippen LogP contribution in [0.2, 0.25) is 0 Å². The number of hydrogen-bond acceptors (Lipinski definition) is 6. The van der Waals surface area contributed by atoms with E-state index < -0.39 is 28.7 Å². The van der Waals surface area contributed by atoms with Crippen LogP contribution in [0.1, 0.15) is 45.5 Å². The number of nitrogens with one attached hydrogen (secondary N) is 2. The fraction of sp³-hybridized carbons (Fsp3) is 0.348. The van der Waals surface area contributed by atoms with Gasteiger partial charge in [-0.2, -0.15) is 0 Å². The molecule has 1 aliphatic carbocycles. The second-order valence-corrected chi connectivity index (χ2v) is 8.42. The summed E-state index contributed by atoms with van der Waals surface area (Å²) in [6.45, 7) is 2.24. The van der Waals surface area contributed by atoms with Gasteiger partial charge in [0.25, 0.3) is 17.5 Å². The van der Waals surface area contributed by atoms with E-state index in [9.17, 15) is 24.5 Å². The number of carbonyl (C=O) groups excluding carboxylic acids is 2. The zero-order valence-electron chi connectivity index (χ0n) is 18.4. The average molecular weight is 468 g/mol. The molecule has 1 saturated carbocycles. The summed E-state index contributed by atoms with van der Waals surface area (Å²) in [7, 11) is 0. The molecule has 2 aromatic carbocycles. The fourth-order valence-corrected chi connectivity index (χ4v) is 3.70. The van der Waals surface area contributed by atoms with E-state index in [0.717, 1.165) is 12.8 Å². The maximum absolute atomic E-state index is 13.0. The molecule has 4 rings (SSSR count). The van der Waals surface area contributed by atoms with Crippen LogP contribution in [0.4, 0.5) is 16.2 Å². The molecule has 1 aliphatic heterocycles.